The molecule has 0 aliphatic rings. The summed E-state index contributed by atoms with van der Waals surface area (Å²) in [6.07, 6.45) is 0. The molecule has 0 saturated carbocycles. The van der Waals surface area contributed by atoms with Gasteiger partial charge in [0, 0.05) is 6.54 Å². The molecule has 0 atom stereocenters. The molecular formula is C11H16Cl2N4. The van der Waals surface area contributed by atoms with Gasteiger partial charge in [-0.3, -0.25) is 4.57 Å². The molecule has 0 unspecified atom stereocenters. The number of fused-ring (bicyclic) bond motifs is 1. The second-order valence-corrected chi connectivity index (χ2v) is 5.48. The number of hydrogen-bond acceptors (Lipinski definition) is 3. The molecule has 4 nitrogen and oxygen atoms in total. The zero-order chi connectivity index (χ0) is 11.9. The molecule has 0 aliphatic carbocycles. The number of hydrogen-bond donors (Lipinski definition) is 1. The molecule has 94 valence electrons. The van der Waals surface area contributed by atoms with E-state index in [0.717, 1.165) is 17.7 Å². The van der Waals surface area contributed by atoms with Crippen LogP contribution in [0.3, 0.4) is 0 Å². The quantitative estimate of drug-likeness (QED) is 0.813. The van der Waals surface area contributed by atoms with E-state index in [-0.39, 0.29) is 17.8 Å². The minimum absolute atomic E-state index is 0. The van der Waals surface area contributed by atoms with E-state index in [4.69, 9.17) is 17.3 Å². The number of rotatable bonds is 1. The molecule has 2 heterocycles. The smallest absolute Gasteiger partial charge is 0.202 e. The van der Waals surface area contributed by atoms with E-state index in [1.165, 1.54) is 0 Å². The lowest BCUT2D eigenvalue weighted by atomic mass is 9.97. The van der Waals surface area contributed by atoms with Crippen LogP contribution in [0.2, 0.25) is 5.15 Å². The number of nitrogens with zero attached hydrogens (tertiary/aromatic N) is 3. The molecule has 0 aromatic carbocycles. The van der Waals surface area contributed by atoms with Crippen LogP contribution >= 0.6 is 24.0 Å². The third-order valence-corrected chi connectivity index (χ3v) is 2.43. The van der Waals surface area contributed by atoms with Crippen LogP contribution in [0.25, 0.3) is 11.2 Å². The Bertz CT molecular complexity index is 528. The van der Waals surface area contributed by atoms with Crippen molar-refractivity contribution in [1.82, 2.24) is 14.5 Å². The second kappa shape index (κ2) is 4.70. The van der Waals surface area contributed by atoms with E-state index in [1.54, 1.807) is 6.07 Å². The first-order chi connectivity index (χ1) is 7.37. The molecule has 0 radical (unpaired) electrons. The molecule has 6 heteroatoms. The van der Waals surface area contributed by atoms with Gasteiger partial charge in [-0.05, 0) is 17.5 Å². The second-order valence-electron chi connectivity index (χ2n) is 5.09. The molecule has 2 aromatic rings. The largest absolute Gasteiger partial charge is 0.369 e. The number of nitrogens with two attached hydrogens (primary N) is 1. The number of nitrogen functional groups attached to an aromatic ring is 1. The molecule has 17 heavy (non-hydrogen) atoms. The van der Waals surface area contributed by atoms with Crippen LogP contribution in [0.1, 0.15) is 20.8 Å². The summed E-state index contributed by atoms with van der Waals surface area (Å²) in [4.78, 5) is 8.52. The van der Waals surface area contributed by atoms with Gasteiger partial charge >= 0.3 is 0 Å². The standard InChI is InChI=1S/C11H15ClN4.ClH/c1-11(2,3)6-16-9-7(14-10(16)13)4-5-8(12)15-9;/h4-5H,6H2,1-3H3,(H2,13,14);1H. The van der Waals surface area contributed by atoms with Crippen molar-refractivity contribution in [3.05, 3.63) is 17.3 Å². The van der Waals surface area contributed by atoms with Crippen LogP contribution in [0, 0.1) is 5.41 Å². The third kappa shape index (κ3) is 3.01. The first-order valence-corrected chi connectivity index (χ1v) is 5.53. The molecule has 0 saturated heterocycles. The third-order valence-electron chi connectivity index (χ3n) is 2.22. The van der Waals surface area contributed by atoms with Crippen LogP contribution in [0.15, 0.2) is 12.1 Å². The summed E-state index contributed by atoms with van der Waals surface area (Å²) in [5.74, 6) is 0.486. The Morgan fingerprint density at radius 1 is 1.29 bits per heavy atom. The van der Waals surface area contributed by atoms with Crippen molar-refractivity contribution in [2.45, 2.75) is 27.3 Å². The van der Waals surface area contributed by atoms with Gasteiger partial charge in [0.2, 0.25) is 5.95 Å². The predicted molar refractivity (Wildman–Crippen MR) is 73.7 cm³/mol. The Hall–Kier alpha value is -1.00. The highest BCUT2D eigenvalue weighted by molar-refractivity contribution is 6.29. The van der Waals surface area contributed by atoms with E-state index in [2.05, 4.69) is 30.7 Å². The van der Waals surface area contributed by atoms with Crippen molar-refractivity contribution in [3.63, 3.8) is 0 Å². The van der Waals surface area contributed by atoms with E-state index in [0.29, 0.717) is 11.1 Å². The first kappa shape index (κ1) is 14.1. The van der Waals surface area contributed by atoms with Crippen LogP contribution < -0.4 is 5.73 Å². The average molecular weight is 275 g/mol. The number of anilines is 1. The van der Waals surface area contributed by atoms with Crippen molar-refractivity contribution in [3.8, 4) is 0 Å². The Morgan fingerprint density at radius 3 is 2.53 bits per heavy atom. The molecule has 0 fully saturated rings. The lowest BCUT2D eigenvalue weighted by Crippen LogP contribution is -2.17. The van der Waals surface area contributed by atoms with Gasteiger partial charge in [-0.25, -0.2) is 9.97 Å². The lowest BCUT2D eigenvalue weighted by Gasteiger charge is -2.19. The Labute approximate surface area is 112 Å². The van der Waals surface area contributed by atoms with Crippen molar-refractivity contribution < 1.29 is 0 Å². The monoisotopic (exact) mass is 274 g/mol. The summed E-state index contributed by atoms with van der Waals surface area (Å²) in [5.41, 5.74) is 7.53. The van der Waals surface area contributed by atoms with Gasteiger partial charge in [-0.15, -0.1) is 12.4 Å². The summed E-state index contributed by atoms with van der Waals surface area (Å²) in [6, 6.07) is 3.55. The maximum absolute atomic E-state index is 5.88. The van der Waals surface area contributed by atoms with Crippen molar-refractivity contribution in [2.75, 3.05) is 5.73 Å². The highest BCUT2D eigenvalue weighted by atomic mass is 35.5. The lowest BCUT2D eigenvalue weighted by molar-refractivity contribution is 0.350. The fourth-order valence-corrected chi connectivity index (χ4v) is 1.77. The fraction of sp³-hybridized carbons (Fsp3) is 0.455. The van der Waals surface area contributed by atoms with Gasteiger partial charge in [-0.1, -0.05) is 32.4 Å². The van der Waals surface area contributed by atoms with Crippen LogP contribution in [-0.2, 0) is 6.54 Å². The zero-order valence-electron chi connectivity index (χ0n) is 10.1. The molecule has 0 spiro atoms. The van der Waals surface area contributed by atoms with E-state index in [9.17, 15) is 0 Å². The minimum Gasteiger partial charge on any atom is -0.369 e. The van der Waals surface area contributed by atoms with Gasteiger partial charge < -0.3 is 5.73 Å². The summed E-state index contributed by atoms with van der Waals surface area (Å²) in [6.45, 7) is 7.19. The molecule has 0 amide bonds. The minimum atomic E-state index is 0. The predicted octanol–water partition coefficient (Wildman–Crippen LogP) is 3.13. The summed E-state index contributed by atoms with van der Waals surface area (Å²) in [7, 11) is 0. The SMILES string of the molecule is CC(C)(C)Cn1c(N)nc2ccc(Cl)nc21.Cl. The van der Waals surface area contributed by atoms with Crippen LogP contribution in [0.4, 0.5) is 5.95 Å². The van der Waals surface area contributed by atoms with Gasteiger partial charge in [0.05, 0.1) is 0 Å². The number of imidazole rings is 1. The Kier molecular flexibility index (Phi) is 3.89. The van der Waals surface area contributed by atoms with Gasteiger partial charge in [0.15, 0.2) is 5.65 Å². The maximum atomic E-state index is 5.88. The van der Waals surface area contributed by atoms with Gasteiger partial charge in [-0.2, -0.15) is 0 Å². The Morgan fingerprint density at radius 2 is 1.94 bits per heavy atom. The normalized spacial score (nSPS) is 11.5. The average Bonchev–Trinajstić information content (AvgIpc) is 2.42. The van der Waals surface area contributed by atoms with Crippen molar-refractivity contribution in [2.24, 2.45) is 5.41 Å². The molecular weight excluding hydrogens is 259 g/mol. The molecule has 0 bridgehead atoms. The summed E-state index contributed by atoms with van der Waals surface area (Å²) >= 11 is 5.88. The highest BCUT2D eigenvalue weighted by Crippen LogP contribution is 2.24. The summed E-state index contributed by atoms with van der Waals surface area (Å²) < 4.78 is 1.90. The van der Waals surface area contributed by atoms with E-state index >= 15 is 0 Å². The topological polar surface area (TPSA) is 56.7 Å². The maximum Gasteiger partial charge on any atom is 0.202 e. The van der Waals surface area contributed by atoms with Crippen LogP contribution in [0.5, 0.6) is 0 Å². The number of halogens is 2. The van der Waals surface area contributed by atoms with Gasteiger partial charge in [0.25, 0.3) is 0 Å². The molecule has 2 N–H and O–H groups in total. The van der Waals surface area contributed by atoms with E-state index < -0.39 is 0 Å². The summed E-state index contributed by atoms with van der Waals surface area (Å²) in [5, 5.41) is 0.461. The van der Waals surface area contributed by atoms with E-state index in [1.807, 2.05) is 10.6 Å². The van der Waals surface area contributed by atoms with Crippen LogP contribution in [-0.4, -0.2) is 14.5 Å². The molecule has 2 aromatic heterocycles. The van der Waals surface area contributed by atoms with Crippen molar-refractivity contribution in [1.29, 1.82) is 0 Å². The zero-order valence-corrected chi connectivity index (χ0v) is 11.6. The van der Waals surface area contributed by atoms with Crippen molar-refractivity contribution >= 4 is 41.1 Å². The first-order valence-electron chi connectivity index (χ1n) is 5.15. The highest BCUT2D eigenvalue weighted by Gasteiger charge is 2.17. The van der Waals surface area contributed by atoms with Gasteiger partial charge in [0.1, 0.15) is 10.7 Å². The Balaban J connectivity index is 0.00000144. The fourth-order valence-electron chi connectivity index (χ4n) is 1.63. The molecule has 0 aliphatic heterocycles. The number of aromatic nitrogens is 3. The number of pyridine rings is 1. The molecule has 2 rings (SSSR count).